The fraction of sp³-hybridized carbons (Fsp3) is 0.320. The largest absolute Gasteiger partial charge is 0.494 e. The van der Waals surface area contributed by atoms with Crippen LogP contribution in [0.5, 0.6) is 11.5 Å². The molecule has 0 bridgehead atoms. The summed E-state index contributed by atoms with van der Waals surface area (Å²) in [5.41, 5.74) is 1.76. The van der Waals surface area contributed by atoms with Crippen molar-refractivity contribution >= 4 is 11.7 Å². The summed E-state index contributed by atoms with van der Waals surface area (Å²) in [6.45, 7) is 6.56. The first-order valence-corrected chi connectivity index (χ1v) is 11.1. The topological polar surface area (TPSA) is 67.8 Å². The molecule has 1 aliphatic rings. The second-order valence-electron chi connectivity index (χ2n) is 7.74. The van der Waals surface area contributed by atoms with Crippen LogP contribution in [0.3, 0.4) is 0 Å². The molecular formula is C25H27FN4O3. The zero-order valence-electron chi connectivity index (χ0n) is 18.8. The molecule has 4 rings (SSSR count). The summed E-state index contributed by atoms with van der Waals surface area (Å²) in [4.78, 5) is 16.6. The molecule has 0 spiro atoms. The number of anilines is 1. The lowest BCUT2D eigenvalue weighted by Crippen LogP contribution is -2.52. The molecule has 2 aromatic carbocycles. The van der Waals surface area contributed by atoms with E-state index in [4.69, 9.17) is 9.47 Å². The number of halogens is 1. The molecule has 1 saturated heterocycles. The van der Waals surface area contributed by atoms with Crippen molar-refractivity contribution < 1.29 is 18.7 Å². The van der Waals surface area contributed by atoms with Gasteiger partial charge in [-0.15, -0.1) is 10.2 Å². The van der Waals surface area contributed by atoms with Crippen molar-refractivity contribution in [3.8, 4) is 22.8 Å². The maximum absolute atomic E-state index is 13.8. The molecule has 1 unspecified atom stereocenters. The van der Waals surface area contributed by atoms with Crippen LogP contribution < -0.4 is 14.4 Å². The Morgan fingerprint density at radius 1 is 1.00 bits per heavy atom. The zero-order chi connectivity index (χ0) is 23.2. The van der Waals surface area contributed by atoms with Crippen molar-refractivity contribution in [2.45, 2.75) is 20.0 Å². The van der Waals surface area contributed by atoms with Crippen molar-refractivity contribution in [3.05, 3.63) is 66.5 Å². The summed E-state index contributed by atoms with van der Waals surface area (Å²) in [6.07, 6.45) is -0.762. The van der Waals surface area contributed by atoms with Gasteiger partial charge in [0.15, 0.2) is 23.5 Å². The average molecular weight is 451 g/mol. The highest BCUT2D eigenvalue weighted by atomic mass is 19.1. The molecule has 1 fully saturated rings. The molecule has 1 aliphatic heterocycles. The molecule has 7 nitrogen and oxygen atoms in total. The van der Waals surface area contributed by atoms with Crippen LogP contribution >= 0.6 is 0 Å². The highest BCUT2D eigenvalue weighted by Crippen LogP contribution is 2.23. The van der Waals surface area contributed by atoms with Crippen LogP contribution in [-0.2, 0) is 4.79 Å². The molecular weight excluding hydrogens is 423 g/mol. The fourth-order valence-electron chi connectivity index (χ4n) is 3.73. The summed E-state index contributed by atoms with van der Waals surface area (Å²) in [7, 11) is 0. The van der Waals surface area contributed by atoms with Gasteiger partial charge in [-0.05, 0) is 62.4 Å². The Morgan fingerprint density at radius 2 is 1.73 bits per heavy atom. The van der Waals surface area contributed by atoms with E-state index >= 15 is 0 Å². The number of nitrogens with zero attached hydrogens (tertiary/aromatic N) is 4. The maximum atomic E-state index is 13.8. The van der Waals surface area contributed by atoms with E-state index in [0.717, 1.165) is 22.8 Å². The van der Waals surface area contributed by atoms with Gasteiger partial charge in [-0.25, -0.2) is 4.39 Å². The van der Waals surface area contributed by atoms with Gasteiger partial charge < -0.3 is 19.3 Å². The van der Waals surface area contributed by atoms with Crippen molar-refractivity contribution in [1.82, 2.24) is 15.1 Å². The van der Waals surface area contributed by atoms with Crippen LogP contribution in [0.1, 0.15) is 13.8 Å². The Hall–Kier alpha value is -3.68. The summed E-state index contributed by atoms with van der Waals surface area (Å²) in [5.74, 6) is 1.04. The van der Waals surface area contributed by atoms with E-state index < -0.39 is 11.9 Å². The highest BCUT2D eigenvalue weighted by molar-refractivity contribution is 5.81. The van der Waals surface area contributed by atoms with Gasteiger partial charge in [0, 0.05) is 31.7 Å². The van der Waals surface area contributed by atoms with Gasteiger partial charge in [-0.1, -0.05) is 12.1 Å². The number of para-hydroxylation sites is 1. The molecule has 172 valence electrons. The van der Waals surface area contributed by atoms with Crippen molar-refractivity contribution in [3.63, 3.8) is 0 Å². The van der Waals surface area contributed by atoms with E-state index in [1.165, 1.54) is 12.1 Å². The van der Waals surface area contributed by atoms with Gasteiger partial charge in [-0.3, -0.25) is 4.79 Å². The number of carbonyl (C=O) groups is 1. The molecule has 1 atom stereocenters. The third-order valence-electron chi connectivity index (χ3n) is 5.52. The first-order valence-electron chi connectivity index (χ1n) is 11.1. The summed E-state index contributed by atoms with van der Waals surface area (Å²) in [6, 6.07) is 17.7. The SMILES string of the molecule is CCOc1ccc(-c2ccc(N3CCN(C(=O)C(C)Oc4ccccc4F)CC3)nn2)cc1. The number of carbonyl (C=O) groups excluding carboxylic acids is 1. The molecule has 0 N–H and O–H groups in total. The number of amides is 1. The molecule has 0 radical (unpaired) electrons. The molecule has 1 aromatic heterocycles. The first-order chi connectivity index (χ1) is 16.0. The fourth-order valence-corrected chi connectivity index (χ4v) is 3.73. The summed E-state index contributed by atoms with van der Waals surface area (Å²) in [5, 5.41) is 8.75. The Kier molecular flexibility index (Phi) is 7.02. The smallest absolute Gasteiger partial charge is 0.263 e. The Bertz CT molecular complexity index is 1070. The number of hydrogen-bond donors (Lipinski definition) is 0. The van der Waals surface area contributed by atoms with Crippen LogP contribution in [0.25, 0.3) is 11.3 Å². The molecule has 1 amide bonds. The van der Waals surface area contributed by atoms with Gasteiger partial charge in [0.05, 0.1) is 12.3 Å². The van der Waals surface area contributed by atoms with Gasteiger partial charge in [0.1, 0.15) is 5.75 Å². The minimum absolute atomic E-state index is 0.0832. The number of aromatic nitrogens is 2. The van der Waals surface area contributed by atoms with Gasteiger partial charge in [0.25, 0.3) is 5.91 Å². The quantitative estimate of drug-likeness (QED) is 0.546. The molecule has 0 saturated carbocycles. The van der Waals surface area contributed by atoms with Crippen molar-refractivity contribution in [1.29, 1.82) is 0 Å². The van der Waals surface area contributed by atoms with Crippen LogP contribution in [0.4, 0.5) is 10.2 Å². The standard InChI is InChI=1S/C25H27FN4O3/c1-3-32-20-10-8-19(9-11-20)22-12-13-24(28-27-22)29-14-16-30(17-15-29)25(31)18(2)33-23-7-5-4-6-21(23)26/h4-13,18H,3,14-17H2,1-2H3. The second-order valence-corrected chi connectivity index (χ2v) is 7.74. The zero-order valence-corrected chi connectivity index (χ0v) is 18.8. The van der Waals surface area contributed by atoms with Crippen LogP contribution in [0, 0.1) is 5.82 Å². The third-order valence-corrected chi connectivity index (χ3v) is 5.52. The van der Waals surface area contributed by atoms with E-state index in [-0.39, 0.29) is 11.7 Å². The maximum Gasteiger partial charge on any atom is 0.263 e. The lowest BCUT2D eigenvalue weighted by molar-refractivity contribution is -0.138. The van der Waals surface area contributed by atoms with E-state index in [1.807, 2.05) is 43.3 Å². The number of ether oxygens (including phenoxy) is 2. The average Bonchev–Trinajstić information content (AvgIpc) is 2.86. The second kappa shape index (κ2) is 10.3. The molecule has 2 heterocycles. The molecule has 0 aliphatic carbocycles. The van der Waals surface area contributed by atoms with Crippen molar-refractivity contribution in [2.24, 2.45) is 0 Å². The van der Waals surface area contributed by atoms with Crippen LogP contribution in [0.15, 0.2) is 60.7 Å². The van der Waals surface area contributed by atoms with Gasteiger partial charge in [0.2, 0.25) is 0 Å². The van der Waals surface area contributed by atoms with Gasteiger partial charge in [-0.2, -0.15) is 0 Å². The number of piperazine rings is 1. The molecule has 33 heavy (non-hydrogen) atoms. The first kappa shape index (κ1) is 22.5. The Labute approximate surface area is 192 Å². The monoisotopic (exact) mass is 450 g/mol. The minimum atomic E-state index is -0.762. The van der Waals surface area contributed by atoms with E-state index in [9.17, 15) is 9.18 Å². The lowest BCUT2D eigenvalue weighted by Gasteiger charge is -2.36. The number of hydrogen-bond acceptors (Lipinski definition) is 6. The van der Waals surface area contributed by atoms with Crippen molar-refractivity contribution in [2.75, 3.05) is 37.7 Å². The number of benzene rings is 2. The summed E-state index contributed by atoms with van der Waals surface area (Å²) < 4.78 is 24.8. The van der Waals surface area contributed by atoms with E-state index in [2.05, 4.69) is 15.1 Å². The minimum Gasteiger partial charge on any atom is -0.494 e. The van der Waals surface area contributed by atoms with E-state index in [0.29, 0.717) is 32.8 Å². The predicted octanol–water partition coefficient (Wildman–Crippen LogP) is 3.80. The van der Waals surface area contributed by atoms with Crippen LogP contribution in [0.2, 0.25) is 0 Å². The Morgan fingerprint density at radius 3 is 2.36 bits per heavy atom. The summed E-state index contributed by atoms with van der Waals surface area (Å²) >= 11 is 0. The normalized spacial score (nSPS) is 14.6. The molecule has 3 aromatic rings. The van der Waals surface area contributed by atoms with E-state index in [1.54, 1.807) is 24.0 Å². The third kappa shape index (κ3) is 5.39. The lowest BCUT2D eigenvalue weighted by atomic mass is 10.1. The van der Waals surface area contributed by atoms with Gasteiger partial charge >= 0.3 is 0 Å². The van der Waals surface area contributed by atoms with Crippen LogP contribution in [-0.4, -0.2) is 59.9 Å². The Balaban J connectivity index is 1.32. The highest BCUT2D eigenvalue weighted by Gasteiger charge is 2.27. The number of rotatable bonds is 7. The predicted molar refractivity (Wildman–Crippen MR) is 124 cm³/mol. The molecule has 8 heteroatoms.